The number of aliphatic hydroxyl groups excluding tert-OH is 1. The van der Waals surface area contributed by atoms with E-state index < -0.39 is 0 Å². The van der Waals surface area contributed by atoms with Gasteiger partial charge >= 0.3 is 0 Å². The van der Waals surface area contributed by atoms with E-state index in [1.807, 2.05) is 0 Å². The predicted molar refractivity (Wildman–Crippen MR) is 79.3 cm³/mol. The second-order valence-corrected chi connectivity index (χ2v) is 6.56. The van der Waals surface area contributed by atoms with Gasteiger partial charge in [0, 0.05) is 35.4 Å². The van der Waals surface area contributed by atoms with Gasteiger partial charge in [-0.25, -0.2) is 0 Å². The van der Waals surface area contributed by atoms with E-state index in [0.717, 1.165) is 13.0 Å². The van der Waals surface area contributed by atoms with E-state index in [0.29, 0.717) is 12.0 Å². The fourth-order valence-electron chi connectivity index (χ4n) is 1.80. The van der Waals surface area contributed by atoms with Gasteiger partial charge in [0.1, 0.15) is 0 Å². The molecule has 0 spiro atoms. The van der Waals surface area contributed by atoms with Crippen LogP contribution in [-0.4, -0.2) is 18.3 Å². The third-order valence-electron chi connectivity index (χ3n) is 2.90. The van der Waals surface area contributed by atoms with Crippen molar-refractivity contribution in [1.82, 2.24) is 5.32 Å². The summed E-state index contributed by atoms with van der Waals surface area (Å²) in [6.07, 6.45) is 1.02. The highest BCUT2D eigenvalue weighted by Gasteiger charge is 2.14. The van der Waals surface area contributed by atoms with Gasteiger partial charge in [-0.15, -0.1) is 22.7 Å². The van der Waals surface area contributed by atoms with E-state index >= 15 is 0 Å². The van der Waals surface area contributed by atoms with Gasteiger partial charge in [-0.3, -0.25) is 0 Å². The van der Waals surface area contributed by atoms with Gasteiger partial charge in [0.25, 0.3) is 0 Å². The summed E-state index contributed by atoms with van der Waals surface area (Å²) in [5.41, 5.74) is 0. The van der Waals surface area contributed by atoms with Gasteiger partial charge in [0.2, 0.25) is 0 Å². The Balaban J connectivity index is 1.99. The van der Waals surface area contributed by atoms with Crippen LogP contribution in [0.25, 0.3) is 0 Å². The zero-order valence-electron chi connectivity index (χ0n) is 10.5. The molecule has 2 atom stereocenters. The molecule has 2 aromatic heterocycles. The summed E-state index contributed by atoms with van der Waals surface area (Å²) in [5, 5.41) is 16.9. The predicted octanol–water partition coefficient (Wildman–Crippen LogP) is 3.31. The molecule has 2 N–H and O–H groups in total. The lowest BCUT2D eigenvalue weighted by atomic mass is 10.1. The molecule has 0 fully saturated rings. The lowest BCUT2D eigenvalue weighted by Gasteiger charge is -2.19. The number of rotatable bonds is 7. The number of thiophene rings is 2. The molecular formula is C14H19NOS2. The van der Waals surface area contributed by atoms with E-state index in [-0.39, 0.29) is 6.61 Å². The summed E-state index contributed by atoms with van der Waals surface area (Å²) >= 11 is 3.60. The molecule has 0 saturated carbocycles. The molecule has 0 amide bonds. The van der Waals surface area contributed by atoms with Crippen LogP contribution in [-0.2, 0) is 6.42 Å². The van der Waals surface area contributed by atoms with Crippen LogP contribution in [0, 0.1) is 5.92 Å². The van der Waals surface area contributed by atoms with Crippen LogP contribution < -0.4 is 5.32 Å². The van der Waals surface area contributed by atoms with E-state index in [9.17, 15) is 0 Å². The van der Waals surface area contributed by atoms with Gasteiger partial charge in [-0.05, 0) is 28.8 Å². The van der Waals surface area contributed by atoms with Gasteiger partial charge in [-0.1, -0.05) is 19.1 Å². The third kappa shape index (κ3) is 3.92. The maximum Gasteiger partial charge on any atom is 0.0468 e. The van der Waals surface area contributed by atoms with Crippen molar-refractivity contribution < 1.29 is 5.11 Å². The number of hydrogen-bond acceptors (Lipinski definition) is 4. The maximum atomic E-state index is 9.10. The fraction of sp³-hybridized carbons (Fsp3) is 0.429. The molecule has 18 heavy (non-hydrogen) atoms. The number of nitrogens with one attached hydrogen (secondary N) is 1. The fourth-order valence-corrected chi connectivity index (χ4v) is 3.36. The smallest absolute Gasteiger partial charge is 0.0468 e. The van der Waals surface area contributed by atoms with Crippen LogP contribution in [0.5, 0.6) is 0 Å². The summed E-state index contributed by atoms with van der Waals surface area (Å²) in [6, 6.07) is 8.92. The Hall–Kier alpha value is -0.680. The van der Waals surface area contributed by atoms with E-state index in [2.05, 4.69) is 47.3 Å². The summed E-state index contributed by atoms with van der Waals surface area (Å²) < 4.78 is 0. The van der Waals surface area contributed by atoms with Gasteiger partial charge in [-0.2, -0.15) is 0 Å². The quantitative estimate of drug-likeness (QED) is 0.816. The van der Waals surface area contributed by atoms with Crippen molar-refractivity contribution in [3.05, 3.63) is 44.8 Å². The Morgan fingerprint density at radius 3 is 2.61 bits per heavy atom. The minimum Gasteiger partial charge on any atom is -0.396 e. The Kier molecular flexibility index (Phi) is 5.38. The second kappa shape index (κ2) is 7.04. The Bertz CT molecular complexity index is 425. The Labute approximate surface area is 116 Å². The number of aliphatic hydroxyl groups is 1. The van der Waals surface area contributed by atoms with Crippen molar-refractivity contribution in [1.29, 1.82) is 0 Å². The van der Waals surface area contributed by atoms with Crippen LogP contribution in [0.1, 0.15) is 22.7 Å². The first-order valence-corrected chi connectivity index (χ1v) is 7.95. The zero-order valence-corrected chi connectivity index (χ0v) is 12.1. The zero-order chi connectivity index (χ0) is 12.8. The van der Waals surface area contributed by atoms with Crippen molar-refractivity contribution >= 4 is 22.7 Å². The first-order chi connectivity index (χ1) is 8.79. The van der Waals surface area contributed by atoms with Gasteiger partial charge in [0.05, 0.1) is 0 Å². The molecule has 2 rings (SSSR count). The average molecular weight is 281 g/mol. The van der Waals surface area contributed by atoms with Gasteiger partial charge in [0.15, 0.2) is 0 Å². The SMILES string of the molecule is CC(CO)CNC(Cc1cccs1)c1cccs1. The monoisotopic (exact) mass is 281 g/mol. The largest absolute Gasteiger partial charge is 0.396 e. The summed E-state index contributed by atoms with van der Waals surface area (Å²) in [5.74, 6) is 0.302. The molecule has 0 saturated heterocycles. The average Bonchev–Trinajstić information content (AvgIpc) is 3.06. The lowest BCUT2D eigenvalue weighted by molar-refractivity contribution is 0.230. The molecule has 0 aliphatic rings. The van der Waals surface area contributed by atoms with E-state index in [1.54, 1.807) is 22.7 Å². The maximum absolute atomic E-state index is 9.10. The summed E-state index contributed by atoms with van der Waals surface area (Å²) in [6.45, 7) is 3.15. The number of hydrogen-bond donors (Lipinski definition) is 2. The van der Waals surface area contributed by atoms with Crippen molar-refractivity contribution in [2.75, 3.05) is 13.2 Å². The molecule has 0 aromatic carbocycles. The molecule has 2 heterocycles. The highest BCUT2D eigenvalue weighted by molar-refractivity contribution is 7.10. The standard InChI is InChI=1S/C14H19NOS2/c1-11(10-16)9-15-13(14-5-3-7-18-14)8-12-4-2-6-17-12/h2-7,11,13,15-16H,8-10H2,1H3. The van der Waals surface area contributed by atoms with Crippen molar-refractivity contribution in [3.8, 4) is 0 Å². The van der Waals surface area contributed by atoms with Crippen molar-refractivity contribution in [2.24, 2.45) is 5.92 Å². The van der Waals surface area contributed by atoms with Crippen LogP contribution >= 0.6 is 22.7 Å². The molecule has 2 unspecified atom stereocenters. The first-order valence-electron chi connectivity index (χ1n) is 6.19. The molecule has 0 bridgehead atoms. The third-order valence-corrected chi connectivity index (χ3v) is 4.78. The first kappa shape index (κ1) is 13.7. The molecule has 2 nitrogen and oxygen atoms in total. The topological polar surface area (TPSA) is 32.3 Å². The molecule has 98 valence electrons. The van der Waals surface area contributed by atoms with Crippen molar-refractivity contribution in [3.63, 3.8) is 0 Å². The molecule has 4 heteroatoms. The molecule has 0 radical (unpaired) electrons. The van der Waals surface area contributed by atoms with Crippen LogP contribution in [0.4, 0.5) is 0 Å². The van der Waals surface area contributed by atoms with E-state index in [1.165, 1.54) is 9.75 Å². The summed E-state index contributed by atoms with van der Waals surface area (Å²) in [7, 11) is 0. The normalized spacial score (nSPS) is 14.6. The Morgan fingerprint density at radius 2 is 2.00 bits per heavy atom. The highest BCUT2D eigenvalue weighted by Crippen LogP contribution is 2.25. The van der Waals surface area contributed by atoms with Crippen LogP contribution in [0.15, 0.2) is 35.0 Å². The second-order valence-electron chi connectivity index (χ2n) is 4.55. The lowest BCUT2D eigenvalue weighted by Crippen LogP contribution is -2.28. The Morgan fingerprint density at radius 1 is 1.22 bits per heavy atom. The van der Waals surface area contributed by atoms with E-state index in [4.69, 9.17) is 5.11 Å². The molecule has 2 aromatic rings. The van der Waals surface area contributed by atoms with Crippen molar-refractivity contribution in [2.45, 2.75) is 19.4 Å². The van der Waals surface area contributed by atoms with Crippen LogP contribution in [0.3, 0.4) is 0 Å². The molecule has 0 aliphatic carbocycles. The van der Waals surface area contributed by atoms with Gasteiger partial charge < -0.3 is 10.4 Å². The summed E-state index contributed by atoms with van der Waals surface area (Å²) in [4.78, 5) is 2.77. The molecular weight excluding hydrogens is 262 g/mol. The van der Waals surface area contributed by atoms with Crippen LogP contribution in [0.2, 0.25) is 0 Å². The minimum atomic E-state index is 0.239. The molecule has 0 aliphatic heterocycles. The minimum absolute atomic E-state index is 0.239. The highest BCUT2D eigenvalue weighted by atomic mass is 32.1.